The van der Waals surface area contributed by atoms with Crippen LogP contribution in [0, 0.1) is 5.92 Å². The Balaban J connectivity index is 2.17. The summed E-state index contributed by atoms with van der Waals surface area (Å²) in [4.78, 5) is 14.0. The van der Waals surface area contributed by atoms with Gasteiger partial charge in [0, 0.05) is 18.3 Å². The molecule has 1 aromatic carbocycles. The van der Waals surface area contributed by atoms with E-state index in [9.17, 15) is 22.0 Å². The molecule has 1 aliphatic heterocycles. The lowest BCUT2D eigenvalue weighted by molar-refractivity contribution is 0.178. The van der Waals surface area contributed by atoms with Crippen molar-refractivity contribution in [1.82, 2.24) is 4.90 Å². The maximum Gasteiger partial charge on any atom is 0.341 e. The highest BCUT2D eigenvalue weighted by molar-refractivity contribution is 7.91. The van der Waals surface area contributed by atoms with Crippen LogP contribution < -0.4 is 5.32 Å². The molecular weight excluding hydrogens is 362 g/mol. The molecule has 0 aliphatic carbocycles. The number of nitrogens with one attached hydrogen (secondary N) is 1. The number of carbonyl (C=O) groups is 1. The molecule has 0 aromatic heterocycles. The summed E-state index contributed by atoms with van der Waals surface area (Å²) in [6.07, 6.45) is 4.89. The summed E-state index contributed by atoms with van der Waals surface area (Å²) in [5.74, 6) is -3.04. The molecule has 2 rings (SSSR count). The average Bonchev–Trinajstić information content (AvgIpc) is 2.79. The quantitative estimate of drug-likeness (QED) is 0.807. The normalized spacial score (nSPS) is 18.8. The molecule has 1 unspecified atom stereocenters. The second-order valence-corrected chi connectivity index (χ2v) is 9.01. The Morgan fingerprint density at radius 2 is 2.00 bits per heavy atom. The van der Waals surface area contributed by atoms with Crippen molar-refractivity contribution in [2.24, 2.45) is 5.92 Å². The van der Waals surface area contributed by atoms with Gasteiger partial charge in [0.2, 0.25) is 9.84 Å². The molecule has 1 aliphatic rings. The summed E-state index contributed by atoms with van der Waals surface area (Å²) in [7, 11) is -4.69. The Bertz CT molecular complexity index is 723. The van der Waals surface area contributed by atoms with Gasteiger partial charge in [0.25, 0.3) is 0 Å². The maximum absolute atomic E-state index is 12.7. The van der Waals surface area contributed by atoms with Crippen LogP contribution in [0.3, 0.4) is 0 Å². The molecule has 0 radical (unpaired) electrons. The van der Waals surface area contributed by atoms with E-state index in [1.807, 2.05) is 0 Å². The SMILES string of the molecule is CC(C)CC1CCCCCN1C(=O)Nc1cccc(S(=O)(=O)C(F)F)c1. The summed E-state index contributed by atoms with van der Waals surface area (Å²) in [6, 6.07) is 4.84. The smallest absolute Gasteiger partial charge is 0.322 e. The first kappa shape index (κ1) is 20.6. The van der Waals surface area contributed by atoms with E-state index in [1.165, 1.54) is 12.1 Å². The molecule has 1 heterocycles. The lowest BCUT2D eigenvalue weighted by Crippen LogP contribution is -2.43. The lowest BCUT2D eigenvalue weighted by atomic mass is 9.99. The van der Waals surface area contributed by atoms with E-state index >= 15 is 0 Å². The van der Waals surface area contributed by atoms with Crippen LogP contribution in [0.4, 0.5) is 19.3 Å². The molecule has 1 fully saturated rings. The molecule has 1 atom stereocenters. The molecule has 2 amide bonds. The molecule has 0 saturated carbocycles. The highest BCUT2D eigenvalue weighted by atomic mass is 32.2. The van der Waals surface area contributed by atoms with Gasteiger partial charge in [-0.15, -0.1) is 0 Å². The van der Waals surface area contributed by atoms with Crippen LogP contribution in [0.2, 0.25) is 0 Å². The second kappa shape index (κ2) is 8.79. The van der Waals surface area contributed by atoms with Crippen LogP contribution in [-0.2, 0) is 9.84 Å². The van der Waals surface area contributed by atoms with Gasteiger partial charge in [0.1, 0.15) is 0 Å². The van der Waals surface area contributed by atoms with Crippen molar-refractivity contribution in [3.05, 3.63) is 24.3 Å². The predicted molar refractivity (Wildman–Crippen MR) is 97.1 cm³/mol. The van der Waals surface area contributed by atoms with Crippen LogP contribution in [-0.4, -0.2) is 37.7 Å². The number of hydrogen-bond donors (Lipinski definition) is 1. The number of sulfone groups is 1. The molecule has 146 valence electrons. The molecule has 26 heavy (non-hydrogen) atoms. The highest BCUT2D eigenvalue weighted by Crippen LogP contribution is 2.25. The van der Waals surface area contributed by atoms with Crippen LogP contribution in [0.1, 0.15) is 46.0 Å². The number of hydrogen-bond acceptors (Lipinski definition) is 3. The van der Waals surface area contributed by atoms with E-state index in [2.05, 4.69) is 19.2 Å². The minimum atomic E-state index is -4.69. The van der Waals surface area contributed by atoms with Gasteiger partial charge < -0.3 is 10.2 Å². The summed E-state index contributed by atoms with van der Waals surface area (Å²) < 4.78 is 48.7. The third kappa shape index (κ3) is 5.16. The summed E-state index contributed by atoms with van der Waals surface area (Å²) in [5, 5.41) is 2.67. The molecular formula is C18H26F2N2O3S. The summed E-state index contributed by atoms with van der Waals surface area (Å²) in [5.41, 5.74) is 0.198. The van der Waals surface area contributed by atoms with Gasteiger partial charge in [-0.3, -0.25) is 0 Å². The number of amides is 2. The molecule has 0 bridgehead atoms. The van der Waals surface area contributed by atoms with Gasteiger partial charge in [0.15, 0.2) is 0 Å². The monoisotopic (exact) mass is 388 g/mol. The van der Waals surface area contributed by atoms with Gasteiger partial charge in [-0.2, -0.15) is 8.78 Å². The highest BCUT2D eigenvalue weighted by Gasteiger charge is 2.28. The number of anilines is 1. The second-order valence-electron chi connectivity index (χ2n) is 7.09. The largest absolute Gasteiger partial charge is 0.341 e. The van der Waals surface area contributed by atoms with Crippen molar-refractivity contribution in [3.8, 4) is 0 Å². The fraction of sp³-hybridized carbons (Fsp3) is 0.611. The molecule has 1 aromatic rings. The fourth-order valence-electron chi connectivity index (χ4n) is 3.28. The number of alkyl halides is 2. The number of rotatable bonds is 5. The molecule has 1 N–H and O–H groups in total. The number of carbonyl (C=O) groups excluding carboxylic acids is 1. The van der Waals surface area contributed by atoms with Gasteiger partial charge in [0.05, 0.1) is 4.90 Å². The van der Waals surface area contributed by atoms with E-state index in [4.69, 9.17) is 0 Å². The van der Waals surface area contributed by atoms with E-state index in [0.717, 1.165) is 44.2 Å². The van der Waals surface area contributed by atoms with Gasteiger partial charge in [-0.1, -0.05) is 32.8 Å². The lowest BCUT2D eigenvalue weighted by Gasteiger charge is -2.31. The van der Waals surface area contributed by atoms with Crippen molar-refractivity contribution < 1.29 is 22.0 Å². The number of likely N-dealkylation sites (tertiary alicyclic amines) is 1. The molecule has 8 heteroatoms. The summed E-state index contributed by atoms with van der Waals surface area (Å²) in [6.45, 7) is 4.86. The summed E-state index contributed by atoms with van der Waals surface area (Å²) >= 11 is 0. The fourth-order valence-corrected chi connectivity index (χ4v) is 4.05. The van der Waals surface area contributed by atoms with Gasteiger partial charge in [-0.25, -0.2) is 13.2 Å². The third-order valence-corrected chi connectivity index (χ3v) is 5.91. The third-order valence-electron chi connectivity index (χ3n) is 4.53. The zero-order valence-electron chi connectivity index (χ0n) is 15.1. The van der Waals surface area contributed by atoms with Crippen molar-refractivity contribution in [2.45, 2.75) is 62.6 Å². The minimum Gasteiger partial charge on any atom is -0.322 e. The Hall–Kier alpha value is -1.70. The zero-order chi connectivity index (χ0) is 19.3. The van der Waals surface area contributed by atoms with Crippen molar-refractivity contribution >= 4 is 21.6 Å². The maximum atomic E-state index is 12.7. The minimum absolute atomic E-state index is 0.130. The standard InChI is InChI=1S/C18H26F2N2O3S/c1-13(2)11-15-8-4-3-5-10-22(15)18(23)21-14-7-6-9-16(12-14)26(24,25)17(19)20/h6-7,9,12-13,15,17H,3-5,8,10-11H2,1-2H3,(H,21,23). The first-order valence-electron chi connectivity index (χ1n) is 8.91. The van der Waals surface area contributed by atoms with Gasteiger partial charge in [-0.05, 0) is 43.4 Å². The van der Waals surface area contributed by atoms with Crippen LogP contribution in [0.25, 0.3) is 0 Å². The Labute approximate surface area is 153 Å². The van der Waals surface area contributed by atoms with Crippen molar-refractivity contribution in [3.63, 3.8) is 0 Å². The number of nitrogens with zero attached hydrogens (tertiary/aromatic N) is 1. The number of benzene rings is 1. The van der Waals surface area contributed by atoms with Crippen molar-refractivity contribution in [1.29, 1.82) is 0 Å². The van der Waals surface area contributed by atoms with Crippen LogP contribution in [0.15, 0.2) is 29.2 Å². The van der Waals surface area contributed by atoms with Gasteiger partial charge >= 0.3 is 11.8 Å². The molecule has 1 saturated heterocycles. The van der Waals surface area contributed by atoms with E-state index in [0.29, 0.717) is 12.5 Å². The van der Waals surface area contributed by atoms with E-state index in [-0.39, 0.29) is 17.8 Å². The van der Waals surface area contributed by atoms with E-state index < -0.39 is 20.5 Å². The first-order chi connectivity index (χ1) is 12.2. The van der Waals surface area contributed by atoms with Crippen LogP contribution >= 0.6 is 0 Å². The average molecular weight is 388 g/mol. The Kier molecular flexibility index (Phi) is 6.97. The molecule has 0 spiro atoms. The first-order valence-corrected chi connectivity index (χ1v) is 10.5. The Morgan fingerprint density at radius 1 is 1.27 bits per heavy atom. The van der Waals surface area contributed by atoms with E-state index in [1.54, 1.807) is 4.90 Å². The topological polar surface area (TPSA) is 66.5 Å². The predicted octanol–water partition coefficient (Wildman–Crippen LogP) is 4.51. The zero-order valence-corrected chi connectivity index (χ0v) is 15.9. The number of urea groups is 1. The molecule has 5 nitrogen and oxygen atoms in total. The number of halogens is 2. The van der Waals surface area contributed by atoms with Crippen molar-refractivity contribution in [2.75, 3.05) is 11.9 Å². The Morgan fingerprint density at radius 3 is 2.65 bits per heavy atom. The van der Waals surface area contributed by atoms with Crippen LogP contribution in [0.5, 0.6) is 0 Å².